The van der Waals surface area contributed by atoms with E-state index in [1.54, 1.807) is 95.3 Å². The maximum Gasteiger partial charge on any atom is 2.00 e. The van der Waals surface area contributed by atoms with Gasteiger partial charge in [0.15, 0.2) is 0 Å². The van der Waals surface area contributed by atoms with Gasteiger partial charge in [-0.1, -0.05) is 68.3 Å². The van der Waals surface area contributed by atoms with Crippen molar-refractivity contribution in [1.82, 2.24) is 19.8 Å². The monoisotopic (exact) mass is 847 g/mol. The van der Waals surface area contributed by atoms with Gasteiger partial charge >= 0.3 is 17.1 Å². The second-order valence-electron chi connectivity index (χ2n) is 8.97. The number of carboxylic acids is 2. The van der Waals surface area contributed by atoms with Crippen molar-refractivity contribution in [2.75, 3.05) is 26.2 Å². The zero-order chi connectivity index (χ0) is 34.5. The molecule has 0 fully saturated rings. The average molecular weight is 849 g/mol. The number of aromatic carboxylic acids is 2. The van der Waals surface area contributed by atoms with Crippen LogP contribution in [0.25, 0.3) is 0 Å². The van der Waals surface area contributed by atoms with Crippen molar-refractivity contribution in [2.45, 2.75) is 27.7 Å². The molecule has 0 atom stereocenters. The van der Waals surface area contributed by atoms with Crippen molar-refractivity contribution in [3.8, 4) is 0 Å². The Morgan fingerprint density at radius 3 is 1.08 bits per heavy atom. The molecular weight excluding hydrogens is 807 g/mol. The maximum absolute atomic E-state index is 11.7. The second kappa shape index (κ2) is 27.9. The molecule has 1 radical (unpaired) electrons. The normalized spacial score (nSPS) is 8.94. The summed E-state index contributed by atoms with van der Waals surface area (Å²) in [6.45, 7) is 10.8. The Balaban J connectivity index is -0.000000568. The van der Waals surface area contributed by atoms with E-state index < -0.39 is 11.9 Å². The van der Waals surface area contributed by atoms with Gasteiger partial charge < -0.3 is 40.6 Å². The molecule has 4 aromatic rings. The minimum Gasteiger partial charge on any atom is -0.545 e. The fraction of sp³-hybridized carbons (Fsp3) is 0.235. The third kappa shape index (κ3) is 17.8. The summed E-state index contributed by atoms with van der Waals surface area (Å²) in [5, 5.41) is 20.6. The van der Waals surface area contributed by atoms with Crippen molar-refractivity contribution in [3.63, 3.8) is 0 Å². The molecule has 12 nitrogen and oxygen atoms in total. The number of amides is 2. The van der Waals surface area contributed by atoms with Gasteiger partial charge in [-0.25, -0.2) is 0 Å². The van der Waals surface area contributed by atoms with Crippen molar-refractivity contribution < 1.29 is 57.4 Å². The largest absolute Gasteiger partial charge is 2.00 e. The SMILES string of the molecule is CCN(CC)C(=O)c1cccnc1.CCN(CC)C(=O)c1cccnc1.O=C([O-])c1ccccc1Br.O=C([O-])c1ccccc1Br.[Mn+2].[OH3+].[OH3+]. The summed E-state index contributed by atoms with van der Waals surface area (Å²) < 4.78 is 1.10. The fourth-order valence-electron chi connectivity index (χ4n) is 3.62. The van der Waals surface area contributed by atoms with E-state index in [2.05, 4.69) is 41.8 Å². The van der Waals surface area contributed by atoms with Crippen LogP contribution in [0, 0.1) is 0 Å². The molecule has 0 saturated heterocycles. The van der Waals surface area contributed by atoms with E-state index in [-0.39, 0.29) is 51.0 Å². The molecule has 0 unspecified atom stereocenters. The summed E-state index contributed by atoms with van der Waals surface area (Å²) in [4.78, 5) is 55.3. The van der Waals surface area contributed by atoms with E-state index in [1.807, 2.05) is 27.7 Å². The topological polar surface area (TPSA) is 213 Å². The Morgan fingerprint density at radius 1 is 0.571 bits per heavy atom. The van der Waals surface area contributed by atoms with Gasteiger partial charge in [0.1, 0.15) is 0 Å². The van der Waals surface area contributed by atoms with Crippen LogP contribution in [0.1, 0.15) is 69.1 Å². The predicted octanol–water partition coefficient (Wildman–Crippen LogP) is 2.91. The predicted molar refractivity (Wildman–Crippen MR) is 190 cm³/mol. The summed E-state index contributed by atoms with van der Waals surface area (Å²) in [6.07, 6.45) is 6.53. The first-order valence-electron chi connectivity index (χ1n) is 14.3. The van der Waals surface area contributed by atoms with Gasteiger partial charge in [-0.05, 0) is 64.1 Å². The molecule has 4 rings (SSSR count). The van der Waals surface area contributed by atoms with Crippen LogP contribution in [0.5, 0.6) is 0 Å². The number of nitrogens with zero attached hydrogens (tertiary/aromatic N) is 4. The maximum atomic E-state index is 11.7. The smallest absolute Gasteiger partial charge is 0.545 e. The van der Waals surface area contributed by atoms with Crippen LogP contribution < -0.4 is 10.2 Å². The fourth-order valence-corrected chi connectivity index (χ4v) is 4.51. The Bertz CT molecular complexity index is 1410. The number of rotatable bonds is 8. The van der Waals surface area contributed by atoms with Crippen LogP contribution in [0.4, 0.5) is 0 Å². The van der Waals surface area contributed by atoms with Gasteiger partial charge in [0.25, 0.3) is 11.8 Å². The minimum atomic E-state index is -1.16. The number of hydrogen-bond donors (Lipinski definition) is 0. The third-order valence-corrected chi connectivity index (χ3v) is 7.49. The molecule has 2 aromatic carbocycles. The van der Waals surface area contributed by atoms with Crippen LogP contribution in [0.2, 0.25) is 0 Å². The van der Waals surface area contributed by atoms with E-state index in [0.29, 0.717) is 20.1 Å². The van der Waals surface area contributed by atoms with Crippen LogP contribution in [0.3, 0.4) is 0 Å². The quantitative estimate of drug-likeness (QED) is 0.190. The summed E-state index contributed by atoms with van der Waals surface area (Å²) >= 11 is 6.15. The first kappa shape index (κ1) is 49.4. The molecule has 49 heavy (non-hydrogen) atoms. The van der Waals surface area contributed by atoms with Crippen LogP contribution in [-0.4, -0.2) is 69.7 Å². The van der Waals surface area contributed by atoms with E-state index in [1.165, 1.54) is 12.1 Å². The zero-order valence-electron chi connectivity index (χ0n) is 27.6. The number of halogens is 2. The van der Waals surface area contributed by atoms with Crippen molar-refractivity contribution >= 4 is 55.6 Å². The molecule has 2 aromatic heterocycles. The molecule has 2 amide bonds. The van der Waals surface area contributed by atoms with Crippen molar-refractivity contribution in [3.05, 3.63) is 129 Å². The Morgan fingerprint density at radius 2 is 0.878 bits per heavy atom. The third-order valence-electron chi connectivity index (χ3n) is 6.11. The summed E-state index contributed by atoms with van der Waals surface area (Å²) in [7, 11) is 0. The Labute approximate surface area is 313 Å². The minimum absolute atomic E-state index is 0. The number of aromatic nitrogens is 2. The van der Waals surface area contributed by atoms with E-state index in [4.69, 9.17) is 0 Å². The van der Waals surface area contributed by atoms with E-state index in [9.17, 15) is 29.4 Å². The first-order valence-corrected chi connectivity index (χ1v) is 15.9. The van der Waals surface area contributed by atoms with Crippen LogP contribution >= 0.6 is 31.9 Å². The number of carbonyl (C=O) groups excluding carboxylic acids is 4. The molecular formula is C34H42Br2MnN4O8+2. The molecule has 0 spiro atoms. The molecule has 0 bridgehead atoms. The molecule has 6 N–H and O–H groups in total. The summed E-state index contributed by atoms with van der Waals surface area (Å²) in [6, 6.07) is 20.2. The van der Waals surface area contributed by atoms with Gasteiger partial charge in [0.05, 0.1) is 23.1 Å². The van der Waals surface area contributed by atoms with Crippen LogP contribution in [-0.2, 0) is 28.0 Å². The van der Waals surface area contributed by atoms with Gasteiger partial charge in [0.2, 0.25) is 0 Å². The first-order chi connectivity index (χ1) is 22.0. The van der Waals surface area contributed by atoms with Crippen molar-refractivity contribution in [1.29, 1.82) is 0 Å². The molecule has 2 heterocycles. The molecule has 0 saturated carbocycles. The summed E-state index contributed by atoms with van der Waals surface area (Å²) in [5.41, 5.74) is 1.68. The van der Waals surface area contributed by atoms with Crippen LogP contribution in [0.15, 0.2) is 107 Å². The molecule has 265 valence electrons. The zero-order valence-corrected chi connectivity index (χ0v) is 31.9. The number of hydrogen-bond acceptors (Lipinski definition) is 8. The standard InChI is InChI=1S/2C10H14N2O.2C7H5BrO2.Mn.2H2O/c2*1-3-12(4-2)10(13)9-6-5-7-11-8-9;2*8-6-4-2-1-3-5(6)7(9)10;;;/h2*5-8H,3-4H2,1-2H3;2*1-4H,(H,9,10);;2*1H2/q;;;;+2;;. The molecule has 15 heteroatoms. The number of carbonyl (C=O) groups is 4. The number of pyridine rings is 2. The molecule has 0 aliphatic carbocycles. The molecule has 0 aliphatic heterocycles. The molecule has 0 aliphatic rings. The number of carboxylic acid groups (broad SMARTS) is 2. The average Bonchev–Trinajstić information content (AvgIpc) is 3.07. The second-order valence-corrected chi connectivity index (χ2v) is 10.7. The Hall–Kier alpha value is -3.98. The van der Waals surface area contributed by atoms with E-state index >= 15 is 0 Å². The van der Waals surface area contributed by atoms with Gasteiger partial charge in [-0.3, -0.25) is 19.6 Å². The van der Waals surface area contributed by atoms with Gasteiger partial charge in [-0.2, -0.15) is 0 Å². The summed E-state index contributed by atoms with van der Waals surface area (Å²) in [5.74, 6) is -2.21. The van der Waals surface area contributed by atoms with Gasteiger partial charge in [0, 0.05) is 71.0 Å². The van der Waals surface area contributed by atoms with Gasteiger partial charge in [-0.15, -0.1) is 0 Å². The van der Waals surface area contributed by atoms with E-state index in [0.717, 1.165) is 26.2 Å². The van der Waals surface area contributed by atoms with Crippen molar-refractivity contribution in [2.24, 2.45) is 0 Å². The Kier molecular flexibility index (Phi) is 28.1. The number of benzene rings is 2.